The molecule has 0 unspecified atom stereocenters. The van der Waals surface area contributed by atoms with E-state index in [0.717, 1.165) is 28.8 Å². The molecule has 1 amide bonds. The van der Waals surface area contributed by atoms with Crippen molar-refractivity contribution in [3.63, 3.8) is 0 Å². The molecule has 18 heteroatoms. The molecule has 4 heterocycles. The smallest absolute Gasteiger partial charge is 0.331 e. The van der Waals surface area contributed by atoms with Gasteiger partial charge in [0.05, 0.1) is 39.8 Å². The number of aliphatic hydroxyl groups is 2. The van der Waals surface area contributed by atoms with Gasteiger partial charge < -0.3 is 43.6 Å². The van der Waals surface area contributed by atoms with Crippen molar-refractivity contribution in [2.45, 2.75) is 48.0 Å². The number of imidazole rings is 1. The van der Waals surface area contributed by atoms with E-state index >= 15 is 0 Å². The second-order valence-corrected chi connectivity index (χ2v) is 10.9. The van der Waals surface area contributed by atoms with Crippen molar-refractivity contribution in [2.75, 3.05) is 21.3 Å². The SMILES string of the molecule is COC(=O)[C@H]([C@H]1O[C@@H](n2ccc(=O)[nH]c2=O)[C@H](O)[C@@H]1O)N(Cc1ccc(OC)cc1OC)C(=O)c1cnoc1CSc1ncc[nH]1. The number of thioether (sulfide) groups is 1. The van der Waals surface area contributed by atoms with Crippen LogP contribution in [0.15, 0.2) is 68.3 Å². The van der Waals surface area contributed by atoms with Crippen LogP contribution in [0.1, 0.15) is 27.9 Å². The van der Waals surface area contributed by atoms with Crippen LogP contribution in [-0.4, -0.2) is 97.3 Å². The molecule has 5 rings (SSSR count). The minimum atomic E-state index is -1.81. The van der Waals surface area contributed by atoms with Crippen molar-refractivity contribution in [1.82, 2.24) is 29.6 Å². The molecule has 244 valence electrons. The molecular weight excluding hydrogens is 628 g/mol. The van der Waals surface area contributed by atoms with Crippen LogP contribution < -0.4 is 20.7 Å². The van der Waals surface area contributed by atoms with Gasteiger partial charge in [-0.25, -0.2) is 14.6 Å². The maximum atomic E-state index is 14.4. The normalized spacial score (nSPS) is 19.8. The van der Waals surface area contributed by atoms with Crippen LogP contribution in [0.5, 0.6) is 11.5 Å². The van der Waals surface area contributed by atoms with Crippen LogP contribution in [0.4, 0.5) is 0 Å². The van der Waals surface area contributed by atoms with Gasteiger partial charge in [0.2, 0.25) is 0 Å². The zero-order valence-electron chi connectivity index (χ0n) is 24.7. The molecular formula is C28H30N6O11S. The van der Waals surface area contributed by atoms with Crippen molar-refractivity contribution in [1.29, 1.82) is 0 Å². The summed E-state index contributed by atoms with van der Waals surface area (Å²) in [6.45, 7) is -0.298. The maximum Gasteiger partial charge on any atom is 0.331 e. The summed E-state index contributed by atoms with van der Waals surface area (Å²) in [5.74, 6) is -0.701. The van der Waals surface area contributed by atoms with Crippen LogP contribution in [0.3, 0.4) is 0 Å². The van der Waals surface area contributed by atoms with Gasteiger partial charge in [0, 0.05) is 36.3 Å². The van der Waals surface area contributed by atoms with Crippen molar-refractivity contribution < 1.29 is 43.3 Å². The lowest BCUT2D eigenvalue weighted by Gasteiger charge is -2.34. The number of hydrogen-bond donors (Lipinski definition) is 4. The third-order valence-electron chi connectivity index (χ3n) is 7.27. The number of hydrogen-bond acceptors (Lipinski definition) is 14. The number of carbonyl (C=O) groups is 2. The molecule has 1 aliphatic heterocycles. The van der Waals surface area contributed by atoms with E-state index in [4.69, 9.17) is 23.5 Å². The topological polar surface area (TPSA) is 224 Å². The molecule has 4 aromatic rings. The van der Waals surface area contributed by atoms with Gasteiger partial charge in [-0.1, -0.05) is 16.9 Å². The third kappa shape index (κ3) is 6.54. The van der Waals surface area contributed by atoms with Gasteiger partial charge in [0.1, 0.15) is 35.4 Å². The van der Waals surface area contributed by atoms with Crippen molar-refractivity contribution in [2.24, 2.45) is 0 Å². The molecule has 1 aliphatic rings. The van der Waals surface area contributed by atoms with E-state index in [2.05, 4.69) is 15.1 Å². The van der Waals surface area contributed by atoms with Crippen molar-refractivity contribution >= 4 is 23.6 Å². The van der Waals surface area contributed by atoms with Gasteiger partial charge in [0.25, 0.3) is 11.5 Å². The minimum Gasteiger partial charge on any atom is -0.497 e. The van der Waals surface area contributed by atoms with E-state index in [1.807, 2.05) is 4.98 Å². The Morgan fingerprint density at radius 3 is 2.63 bits per heavy atom. The Labute approximate surface area is 264 Å². The fraction of sp³-hybridized carbons (Fsp3) is 0.357. The van der Waals surface area contributed by atoms with E-state index in [1.165, 1.54) is 32.2 Å². The van der Waals surface area contributed by atoms with E-state index < -0.39 is 53.7 Å². The zero-order valence-corrected chi connectivity index (χ0v) is 25.5. The largest absolute Gasteiger partial charge is 0.497 e. The first kappa shape index (κ1) is 32.5. The van der Waals surface area contributed by atoms with Crippen LogP contribution >= 0.6 is 11.8 Å². The fourth-order valence-electron chi connectivity index (χ4n) is 4.99. The average Bonchev–Trinajstić information content (AvgIpc) is 3.81. The summed E-state index contributed by atoms with van der Waals surface area (Å²) in [6.07, 6.45) is -1.27. The molecule has 3 aromatic heterocycles. The predicted molar refractivity (Wildman–Crippen MR) is 157 cm³/mol. The number of nitrogens with zero attached hydrogens (tertiary/aromatic N) is 4. The summed E-state index contributed by atoms with van der Waals surface area (Å²) >= 11 is 1.24. The highest BCUT2D eigenvalue weighted by Crippen LogP contribution is 2.35. The average molecular weight is 659 g/mol. The minimum absolute atomic E-state index is 0.0122. The van der Waals surface area contributed by atoms with Gasteiger partial charge in [-0.3, -0.25) is 19.1 Å². The van der Waals surface area contributed by atoms with Gasteiger partial charge in [-0.2, -0.15) is 0 Å². The lowest BCUT2D eigenvalue weighted by molar-refractivity contribution is -0.156. The molecule has 5 atom stereocenters. The van der Waals surface area contributed by atoms with E-state index in [9.17, 15) is 29.4 Å². The number of ether oxygens (including phenoxy) is 4. The predicted octanol–water partition coefficient (Wildman–Crippen LogP) is 0.0606. The van der Waals surface area contributed by atoms with Crippen molar-refractivity contribution in [3.8, 4) is 11.5 Å². The molecule has 0 spiro atoms. The van der Waals surface area contributed by atoms with Gasteiger partial charge in [-0.05, 0) is 12.1 Å². The molecule has 0 bridgehead atoms. The molecule has 0 saturated carbocycles. The van der Waals surface area contributed by atoms with Crippen LogP contribution in [0.2, 0.25) is 0 Å². The number of methoxy groups -OCH3 is 3. The fourth-order valence-corrected chi connectivity index (χ4v) is 5.75. The summed E-state index contributed by atoms with van der Waals surface area (Å²) in [7, 11) is 3.97. The van der Waals surface area contributed by atoms with E-state index in [0.29, 0.717) is 22.2 Å². The number of H-pyrrole nitrogens is 2. The molecule has 0 radical (unpaired) electrons. The summed E-state index contributed by atoms with van der Waals surface area (Å²) in [5, 5.41) is 26.5. The van der Waals surface area contributed by atoms with Crippen LogP contribution in [0.25, 0.3) is 0 Å². The van der Waals surface area contributed by atoms with E-state index in [-0.39, 0.29) is 23.6 Å². The number of carbonyl (C=O) groups excluding carboxylic acids is 2. The zero-order chi connectivity index (χ0) is 33.0. The first-order valence-corrected chi connectivity index (χ1v) is 14.6. The summed E-state index contributed by atoms with van der Waals surface area (Å²) < 4.78 is 28.0. The third-order valence-corrected chi connectivity index (χ3v) is 8.18. The Morgan fingerprint density at radius 2 is 1.96 bits per heavy atom. The Hall–Kier alpha value is -4.91. The molecule has 0 aliphatic carbocycles. The second-order valence-electron chi connectivity index (χ2n) is 9.91. The number of rotatable bonds is 12. The Morgan fingerprint density at radius 1 is 1.15 bits per heavy atom. The Bertz CT molecular complexity index is 1790. The highest BCUT2D eigenvalue weighted by molar-refractivity contribution is 7.98. The van der Waals surface area contributed by atoms with Gasteiger partial charge in [-0.15, -0.1) is 0 Å². The number of nitrogens with one attached hydrogen (secondary N) is 2. The maximum absolute atomic E-state index is 14.4. The van der Waals surface area contributed by atoms with E-state index in [1.54, 1.807) is 30.6 Å². The second kappa shape index (κ2) is 14.0. The molecule has 46 heavy (non-hydrogen) atoms. The summed E-state index contributed by atoms with van der Waals surface area (Å²) in [4.78, 5) is 62.2. The monoisotopic (exact) mass is 658 g/mol. The standard InChI is InChI=1S/C28H30N6O11S/c1-41-15-5-4-14(17(10-15)42-2)12-34(24(38)16-11-31-45-18(16)13-46-27-29-7-8-30-27)20(26(39)43-3)23-21(36)22(37)25(44-23)33-9-6-19(35)32-28(33)40/h4-11,20-23,25,36-37H,12-13H2,1-3H3,(H,29,30)(H,32,35,40)/t20-,21-,22+,23+,25+/m0/s1. The number of aliphatic hydroxyl groups excluding tert-OH is 2. The first-order chi connectivity index (χ1) is 22.2. The number of esters is 1. The lowest BCUT2D eigenvalue weighted by Crippen LogP contribution is -2.55. The quantitative estimate of drug-likeness (QED) is 0.117. The Kier molecular flexibility index (Phi) is 9.90. The molecule has 17 nitrogen and oxygen atoms in total. The van der Waals surface area contributed by atoms with Crippen LogP contribution in [0, 0.1) is 0 Å². The van der Waals surface area contributed by atoms with Crippen molar-refractivity contribution in [3.05, 3.63) is 86.8 Å². The van der Waals surface area contributed by atoms with Gasteiger partial charge in [0.15, 0.2) is 23.2 Å². The molecule has 1 fully saturated rings. The van der Waals surface area contributed by atoms with Gasteiger partial charge >= 0.3 is 11.7 Å². The molecule has 4 N–H and O–H groups in total. The number of aromatic amines is 2. The number of amides is 1. The van der Waals surface area contributed by atoms with Crippen LogP contribution in [-0.2, 0) is 26.6 Å². The number of aromatic nitrogens is 5. The highest BCUT2D eigenvalue weighted by atomic mass is 32.2. The summed E-state index contributed by atoms with van der Waals surface area (Å²) in [5.41, 5.74) is -1.21. The molecule has 1 saturated heterocycles. The number of benzene rings is 1. The summed E-state index contributed by atoms with van der Waals surface area (Å²) in [6, 6.07) is 4.16. The molecule has 1 aromatic carbocycles. The highest BCUT2D eigenvalue weighted by Gasteiger charge is 2.53. The lowest BCUT2D eigenvalue weighted by atomic mass is 9.99. The Balaban J connectivity index is 1.57. The first-order valence-electron chi connectivity index (χ1n) is 13.6.